The van der Waals surface area contributed by atoms with Crippen molar-refractivity contribution in [2.75, 3.05) is 0 Å². The summed E-state index contributed by atoms with van der Waals surface area (Å²) in [5.41, 5.74) is 1.62. The fraction of sp³-hybridized carbons (Fsp3) is 0.238. The highest BCUT2D eigenvalue weighted by Crippen LogP contribution is 2.33. The Hall–Kier alpha value is -3.48. The maximum atomic E-state index is 12.3. The van der Waals surface area contributed by atoms with Crippen molar-refractivity contribution in [2.24, 2.45) is 0 Å². The quantitative estimate of drug-likeness (QED) is 0.715. The molecule has 0 bridgehead atoms. The third-order valence-corrected chi connectivity index (χ3v) is 4.74. The Bertz CT molecular complexity index is 956. The SMILES string of the molecule is O=C(NCc1noc([C@@H]2CCC(=O)N2Cc2ccccc2)n1)c1ccccc1. The first-order valence-electron chi connectivity index (χ1n) is 9.20. The highest BCUT2D eigenvalue weighted by molar-refractivity contribution is 5.93. The van der Waals surface area contributed by atoms with Gasteiger partial charge in [-0.1, -0.05) is 53.7 Å². The third-order valence-electron chi connectivity index (χ3n) is 4.74. The van der Waals surface area contributed by atoms with Crippen LogP contribution >= 0.6 is 0 Å². The van der Waals surface area contributed by atoms with E-state index in [0.717, 1.165) is 5.56 Å². The zero-order chi connectivity index (χ0) is 19.3. The number of rotatable bonds is 6. The smallest absolute Gasteiger partial charge is 0.251 e. The minimum Gasteiger partial charge on any atom is -0.345 e. The molecular formula is C21H20N4O3. The summed E-state index contributed by atoms with van der Waals surface area (Å²) in [6.45, 7) is 0.670. The lowest BCUT2D eigenvalue weighted by Crippen LogP contribution is -2.27. The van der Waals surface area contributed by atoms with Gasteiger partial charge >= 0.3 is 0 Å². The number of amides is 2. The van der Waals surface area contributed by atoms with Gasteiger partial charge in [0.2, 0.25) is 11.8 Å². The topological polar surface area (TPSA) is 88.3 Å². The lowest BCUT2D eigenvalue weighted by atomic mass is 10.2. The average Bonchev–Trinajstić information content (AvgIpc) is 3.35. The zero-order valence-electron chi connectivity index (χ0n) is 15.2. The predicted octanol–water partition coefficient (Wildman–Crippen LogP) is 2.86. The Morgan fingerprint density at radius 2 is 1.82 bits per heavy atom. The van der Waals surface area contributed by atoms with Crippen LogP contribution in [0.25, 0.3) is 0 Å². The summed E-state index contributed by atoms with van der Waals surface area (Å²) in [5.74, 6) is 0.670. The highest BCUT2D eigenvalue weighted by Gasteiger charge is 2.35. The van der Waals surface area contributed by atoms with E-state index in [2.05, 4.69) is 15.5 Å². The van der Waals surface area contributed by atoms with Crippen molar-refractivity contribution in [1.82, 2.24) is 20.4 Å². The fourth-order valence-electron chi connectivity index (χ4n) is 3.29. The number of aromatic nitrogens is 2. The van der Waals surface area contributed by atoms with E-state index in [0.29, 0.717) is 36.7 Å². The molecule has 1 aromatic heterocycles. The van der Waals surface area contributed by atoms with Crippen molar-refractivity contribution >= 4 is 11.8 Å². The number of likely N-dealkylation sites (tertiary alicyclic amines) is 1. The van der Waals surface area contributed by atoms with Crippen LogP contribution in [0.5, 0.6) is 0 Å². The molecule has 0 unspecified atom stereocenters. The van der Waals surface area contributed by atoms with Gasteiger partial charge in [0.1, 0.15) is 6.04 Å². The van der Waals surface area contributed by atoms with Crippen molar-refractivity contribution in [3.05, 3.63) is 83.5 Å². The van der Waals surface area contributed by atoms with E-state index in [9.17, 15) is 9.59 Å². The molecule has 2 aromatic carbocycles. The number of benzene rings is 2. The lowest BCUT2D eigenvalue weighted by Gasteiger charge is -2.22. The lowest BCUT2D eigenvalue weighted by molar-refractivity contribution is -0.130. The highest BCUT2D eigenvalue weighted by atomic mass is 16.5. The second kappa shape index (κ2) is 8.04. The molecule has 2 heterocycles. The molecule has 0 radical (unpaired) electrons. The van der Waals surface area contributed by atoms with E-state index in [1.54, 1.807) is 29.2 Å². The van der Waals surface area contributed by atoms with E-state index in [-0.39, 0.29) is 24.4 Å². The number of hydrogen-bond acceptors (Lipinski definition) is 5. The molecule has 1 aliphatic heterocycles. The van der Waals surface area contributed by atoms with Gasteiger partial charge in [0.05, 0.1) is 6.54 Å². The van der Waals surface area contributed by atoms with E-state index in [1.165, 1.54) is 0 Å². The Morgan fingerprint density at radius 3 is 2.57 bits per heavy atom. The largest absolute Gasteiger partial charge is 0.345 e. The normalized spacial score (nSPS) is 16.4. The molecule has 1 aliphatic rings. The molecule has 28 heavy (non-hydrogen) atoms. The van der Waals surface area contributed by atoms with Gasteiger partial charge < -0.3 is 14.7 Å². The van der Waals surface area contributed by atoms with Crippen molar-refractivity contribution < 1.29 is 14.1 Å². The van der Waals surface area contributed by atoms with Crippen LogP contribution in [0.3, 0.4) is 0 Å². The first kappa shape index (κ1) is 17.9. The standard InChI is InChI=1S/C21H20N4O3/c26-19-12-11-17(25(19)14-15-7-3-1-4-8-15)21-23-18(24-28-21)13-22-20(27)16-9-5-2-6-10-16/h1-10,17H,11-14H2,(H,22,27)/t17-/m0/s1. The zero-order valence-corrected chi connectivity index (χ0v) is 15.2. The van der Waals surface area contributed by atoms with Crippen LogP contribution in [0.1, 0.15) is 46.5 Å². The van der Waals surface area contributed by atoms with E-state index in [4.69, 9.17) is 4.52 Å². The van der Waals surface area contributed by atoms with Gasteiger partial charge in [-0.05, 0) is 24.1 Å². The average molecular weight is 376 g/mol. The number of carbonyl (C=O) groups is 2. The molecule has 1 N–H and O–H groups in total. The molecule has 4 rings (SSSR count). The van der Waals surface area contributed by atoms with E-state index < -0.39 is 0 Å². The molecule has 7 heteroatoms. The van der Waals surface area contributed by atoms with Crippen molar-refractivity contribution in [3.8, 4) is 0 Å². The number of nitrogens with zero attached hydrogens (tertiary/aromatic N) is 3. The summed E-state index contributed by atoms with van der Waals surface area (Å²) in [5, 5.41) is 6.73. The van der Waals surface area contributed by atoms with Gasteiger partial charge in [-0.25, -0.2) is 0 Å². The van der Waals surface area contributed by atoms with Gasteiger partial charge in [-0.15, -0.1) is 0 Å². The van der Waals surface area contributed by atoms with E-state index >= 15 is 0 Å². The van der Waals surface area contributed by atoms with Gasteiger partial charge in [0.25, 0.3) is 5.91 Å². The minimum absolute atomic E-state index is 0.0750. The van der Waals surface area contributed by atoms with Gasteiger partial charge in [-0.3, -0.25) is 9.59 Å². The molecule has 3 aromatic rings. The Balaban J connectivity index is 1.41. The molecule has 2 amide bonds. The number of carbonyl (C=O) groups excluding carboxylic acids is 2. The third kappa shape index (κ3) is 3.93. The summed E-state index contributed by atoms with van der Waals surface area (Å²) >= 11 is 0. The molecule has 0 saturated carbocycles. The van der Waals surface area contributed by atoms with Crippen molar-refractivity contribution in [2.45, 2.75) is 32.0 Å². The molecule has 142 valence electrons. The molecule has 1 atom stereocenters. The molecular weight excluding hydrogens is 356 g/mol. The first-order chi connectivity index (χ1) is 13.7. The molecule has 1 saturated heterocycles. The van der Waals surface area contributed by atoms with Gasteiger partial charge in [0, 0.05) is 18.5 Å². The minimum atomic E-state index is -0.237. The Labute approximate surface area is 162 Å². The first-order valence-corrected chi connectivity index (χ1v) is 9.20. The maximum absolute atomic E-state index is 12.3. The second-order valence-electron chi connectivity index (χ2n) is 6.66. The summed E-state index contributed by atoms with van der Waals surface area (Å²) < 4.78 is 5.40. The Morgan fingerprint density at radius 1 is 1.11 bits per heavy atom. The number of hydrogen-bond donors (Lipinski definition) is 1. The molecule has 0 aliphatic carbocycles. The van der Waals surface area contributed by atoms with Gasteiger partial charge in [0.15, 0.2) is 5.82 Å². The van der Waals surface area contributed by atoms with Crippen LogP contribution < -0.4 is 5.32 Å². The summed E-state index contributed by atoms with van der Waals surface area (Å²) in [7, 11) is 0. The Kier molecular flexibility index (Phi) is 5.14. The molecule has 7 nitrogen and oxygen atoms in total. The van der Waals surface area contributed by atoms with Crippen LogP contribution in [0.4, 0.5) is 0 Å². The number of nitrogens with one attached hydrogen (secondary N) is 1. The van der Waals surface area contributed by atoms with Crippen LogP contribution in [0.15, 0.2) is 65.2 Å². The van der Waals surface area contributed by atoms with Crippen molar-refractivity contribution in [3.63, 3.8) is 0 Å². The fourth-order valence-corrected chi connectivity index (χ4v) is 3.29. The summed E-state index contributed by atoms with van der Waals surface area (Å²) in [6, 6.07) is 18.5. The molecule has 1 fully saturated rings. The van der Waals surface area contributed by atoms with E-state index in [1.807, 2.05) is 36.4 Å². The second-order valence-corrected chi connectivity index (χ2v) is 6.66. The van der Waals surface area contributed by atoms with Crippen LogP contribution in [0, 0.1) is 0 Å². The molecule has 0 spiro atoms. The summed E-state index contributed by atoms with van der Waals surface area (Å²) in [6.07, 6.45) is 1.10. The predicted molar refractivity (Wildman–Crippen MR) is 101 cm³/mol. The van der Waals surface area contributed by atoms with Crippen LogP contribution in [-0.2, 0) is 17.9 Å². The van der Waals surface area contributed by atoms with Crippen LogP contribution in [0.2, 0.25) is 0 Å². The summed E-state index contributed by atoms with van der Waals surface area (Å²) in [4.78, 5) is 30.6. The van der Waals surface area contributed by atoms with Crippen molar-refractivity contribution in [1.29, 1.82) is 0 Å². The maximum Gasteiger partial charge on any atom is 0.251 e. The van der Waals surface area contributed by atoms with Gasteiger partial charge in [-0.2, -0.15) is 4.98 Å². The monoisotopic (exact) mass is 376 g/mol. The van der Waals surface area contributed by atoms with Crippen LogP contribution in [-0.4, -0.2) is 26.9 Å².